The number of ether oxygens (including phenoxy) is 1. The number of anilines is 1. The minimum atomic E-state index is -0.590. The molecule has 1 unspecified atom stereocenters. The summed E-state index contributed by atoms with van der Waals surface area (Å²) in [4.78, 5) is 26.0. The van der Waals surface area contributed by atoms with Crippen molar-refractivity contribution in [3.05, 3.63) is 51.7 Å². The predicted molar refractivity (Wildman–Crippen MR) is 95.8 cm³/mol. The van der Waals surface area contributed by atoms with Crippen molar-refractivity contribution in [1.82, 2.24) is 0 Å². The molecule has 25 heavy (non-hydrogen) atoms. The van der Waals surface area contributed by atoms with Crippen LogP contribution in [0.4, 0.5) is 9.39 Å². The number of carbonyl (C=O) groups excluding carboxylic acids is 2. The van der Waals surface area contributed by atoms with Crippen LogP contribution < -0.4 is 5.32 Å². The molecule has 1 amide bonds. The lowest BCUT2D eigenvalue weighted by Crippen LogP contribution is -2.17. The summed E-state index contributed by atoms with van der Waals surface area (Å²) in [6, 6.07) is 5.79. The molecule has 1 aliphatic rings. The zero-order valence-corrected chi connectivity index (χ0v) is 15.0. The van der Waals surface area contributed by atoms with E-state index in [4.69, 9.17) is 4.74 Å². The Bertz CT molecular complexity index is 815. The largest absolute Gasteiger partial charge is 0.462 e. The van der Waals surface area contributed by atoms with Crippen LogP contribution in [0.25, 0.3) is 0 Å². The number of thiophene rings is 1. The number of hydrogen-bond donors (Lipinski definition) is 1. The van der Waals surface area contributed by atoms with E-state index in [0.29, 0.717) is 16.5 Å². The molecule has 1 aromatic carbocycles. The molecule has 6 heteroatoms. The first kappa shape index (κ1) is 17.6. The van der Waals surface area contributed by atoms with Crippen molar-refractivity contribution in [2.75, 3.05) is 11.9 Å². The lowest BCUT2D eigenvalue weighted by molar-refractivity contribution is 0.0526. The molecule has 1 heterocycles. The van der Waals surface area contributed by atoms with Gasteiger partial charge in [-0.05, 0) is 49.8 Å². The molecule has 1 N–H and O–H groups in total. The summed E-state index contributed by atoms with van der Waals surface area (Å²) in [7, 11) is 0. The lowest BCUT2D eigenvalue weighted by atomic mass is 9.88. The highest BCUT2D eigenvalue weighted by atomic mass is 32.1. The van der Waals surface area contributed by atoms with E-state index in [9.17, 15) is 14.0 Å². The van der Waals surface area contributed by atoms with Gasteiger partial charge in [-0.25, -0.2) is 9.18 Å². The molecule has 0 fully saturated rings. The summed E-state index contributed by atoms with van der Waals surface area (Å²) in [6.45, 7) is 4.18. The highest BCUT2D eigenvalue weighted by Crippen LogP contribution is 2.40. The first-order valence-electron chi connectivity index (χ1n) is 8.38. The smallest absolute Gasteiger partial charge is 0.341 e. The molecule has 132 valence electrons. The topological polar surface area (TPSA) is 55.4 Å². The van der Waals surface area contributed by atoms with Gasteiger partial charge in [0.15, 0.2) is 0 Å². The molecule has 4 nitrogen and oxygen atoms in total. The molecule has 3 rings (SSSR count). The number of benzene rings is 1. The third kappa shape index (κ3) is 3.58. The van der Waals surface area contributed by atoms with Crippen molar-refractivity contribution in [2.45, 2.75) is 33.1 Å². The second kappa shape index (κ2) is 7.35. The van der Waals surface area contributed by atoms with Crippen LogP contribution in [-0.2, 0) is 17.6 Å². The fraction of sp³-hybridized carbons (Fsp3) is 0.368. The molecule has 0 saturated carbocycles. The third-order valence-electron chi connectivity index (χ3n) is 4.34. The van der Waals surface area contributed by atoms with Crippen LogP contribution >= 0.6 is 11.3 Å². The molecular formula is C19H20FNO3S. The number of amides is 1. The van der Waals surface area contributed by atoms with E-state index >= 15 is 0 Å². The average molecular weight is 361 g/mol. The van der Waals surface area contributed by atoms with Crippen LogP contribution in [0, 0.1) is 11.7 Å². The number of nitrogens with one attached hydrogen (secondary N) is 1. The summed E-state index contributed by atoms with van der Waals surface area (Å²) in [5.41, 5.74) is 1.35. The number of fused-ring (bicyclic) bond motifs is 1. The van der Waals surface area contributed by atoms with Crippen molar-refractivity contribution in [3.63, 3.8) is 0 Å². The molecule has 0 aliphatic heterocycles. The Hall–Kier alpha value is -2.21. The van der Waals surface area contributed by atoms with Crippen molar-refractivity contribution in [3.8, 4) is 0 Å². The van der Waals surface area contributed by atoms with Crippen molar-refractivity contribution < 1.29 is 18.7 Å². The predicted octanol–water partition coefficient (Wildman–Crippen LogP) is 4.44. The highest BCUT2D eigenvalue weighted by Gasteiger charge is 2.29. The SMILES string of the molecule is CCOC(=O)c1c(NC(=O)c2ccccc2F)sc2c1CCC(C)C2. The first-order chi connectivity index (χ1) is 12.0. The van der Waals surface area contributed by atoms with E-state index in [1.54, 1.807) is 13.0 Å². The minimum Gasteiger partial charge on any atom is -0.462 e. The van der Waals surface area contributed by atoms with E-state index in [-0.39, 0.29) is 12.2 Å². The van der Waals surface area contributed by atoms with E-state index in [2.05, 4.69) is 12.2 Å². The third-order valence-corrected chi connectivity index (χ3v) is 5.51. The van der Waals surface area contributed by atoms with Gasteiger partial charge in [-0.1, -0.05) is 19.1 Å². The molecule has 1 atom stereocenters. The maximum Gasteiger partial charge on any atom is 0.341 e. The van der Waals surface area contributed by atoms with Gasteiger partial charge in [-0.3, -0.25) is 4.79 Å². The zero-order valence-electron chi connectivity index (χ0n) is 14.2. The van der Waals surface area contributed by atoms with Crippen LogP contribution in [0.3, 0.4) is 0 Å². The van der Waals surface area contributed by atoms with Crippen LogP contribution in [-0.4, -0.2) is 18.5 Å². The minimum absolute atomic E-state index is 0.0444. The van der Waals surface area contributed by atoms with Crippen LogP contribution in [0.5, 0.6) is 0 Å². The summed E-state index contributed by atoms with van der Waals surface area (Å²) in [5.74, 6) is -1.04. The second-order valence-electron chi connectivity index (χ2n) is 6.21. The van der Waals surface area contributed by atoms with Crippen LogP contribution in [0.1, 0.15) is 51.4 Å². The number of esters is 1. The Balaban J connectivity index is 1.96. The van der Waals surface area contributed by atoms with Crippen molar-refractivity contribution >= 4 is 28.2 Å². The first-order valence-corrected chi connectivity index (χ1v) is 9.20. The summed E-state index contributed by atoms with van der Waals surface area (Å²) in [6.07, 6.45) is 2.66. The van der Waals surface area contributed by atoms with E-state index in [1.165, 1.54) is 29.5 Å². The Morgan fingerprint density at radius 3 is 2.84 bits per heavy atom. The Morgan fingerprint density at radius 2 is 2.12 bits per heavy atom. The number of carbonyl (C=O) groups is 2. The number of halogens is 1. The van der Waals surface area contributed by atoms with E-state index in [1.807, 2.05) is 0 Å². The maximum atomic E-state index is 13.9. The Kier molecular flexibility index (Phi) is 5.18. The molecule has 0 saturated heterocycles. The standard InChI is InChI=1S/C19H20FNO3S/c1-3-24-19(23)16-13-9-8-11(2)10-15(13)25-18(16)21-17(22)12-6-4-5-7-14(12)20/h4-7,11H,3,8-10H2,1-2H3,(H,21,22). The van der Waals surface area contributed by atoms with Gasteiger partial charge in [0.2, 0.25) is 0 Å². The van der Waals surface area contributed by atoms with Crippen LogP contribution in [0.15, 0.2) is 24.3 Å². The fourth-order valence-corrected chi connectivity index (χ4v) is 4.47. The lowest BCUT2D eigenvalue weighted by Gasteiger charge is -2.18. The van der Waals surface area contributed by atoms with Gasteiger partial charge in [0, 0.05) is 4.88 Å². The molecule has 2 aromatic rings. The van der Waals surface area contributed by atoms with Gasteiger partial charge >= 0.3 is 5.97 Å². The monoisotopic (exact) mass is 361 g/mol. The average Bonchev–Trinajstić information content (AvgIpc) is 2.92. The van der Waals surface area contributed by atoms with E-state index < -0.39 is 17.7 Å². The second-order valence-corrected chi connectivity index (χ2v) is 7.32. The summed E-state index contributed by atoms with van der Waals surface area (Å²) < 4.78 is 19.0. The normalized spacial score (nSPS) is 16.2. The summed E-state index contributed by atoms with van der Waals surface area (Å²) >= 11 is 1.39. The number of rotatable bonds is 4. The van der Waals surface area contributed by atoms with Gasteiger partial charge in [0.1, 0.15) is 10.8 Å². The number of hydrogen-bond acceptors (Lipinski definition) is 4. The van der Waals surface area contributed by atoms with Gasteiger partial charge in [0.25, 0.3) is 5.91 Å². The summed E-state index contributed by atoms with van der Waals surface area (Å²) in [5, 5.41) is 3.17. The van der Waals surface area contributed by atoms with E-state index in [0.717, 1.165) is 29.7 Å². The Morgan fingerprint density at radius 1 is 1.36 bits per heavy atom. The zero-order chi connectivity index (χ0) is 18.0. The molecular weight excluding hydrogens is 341 g/mol. The Labute approximate surface area is 150 Å². The molecule has 0 spiro atoms. The van der Waals surface area contributed by atoms with Crippen molar-refractivity contribution in [1.29, 1.82) is 0 Å². The van der Waals surface area contributed by atoms with Gasteiger partial charge < -0.3 is 10.1 Å². The quantitative estimate of drug-likeness (QED) is 0.819. The fourth-order valence-electron chi connectivity index (χ4n) is 3.07. The van der Waals surface area contributed by atoms with Crippen molar-refractivity contribution in [2.24, 2.45) is 5.92 Å². The van der Waals surface area contributed by atoms with Crippen LogP contribution in [0.2, 0.25) is 0 Å². The van der Waals surface area contributed by atoms with Gasteiger partial charge in [0.05, 0.1) is 17.7 Å². The highest BCUT2D eigenvalue weighted by molar-refractivity contribution is 7.17. The molecule has 1 aliphatic carbocycles. The van der Waals surface area contributed by atoms with Gasteiger partial charge in [-0.2, -0.15) is 0 Å². The molecule has 1 aromatic heterocycles. The molecule has 0 radical (unpaired) electrons. The van der Waals surface area contributed by atoms with Gasteiger partial charge in [-0.15, -0.1) is 11.3 Å². The molecule has 0 bridgehead atoms. The maximum absolute atomic E-state index is 13.9.